The number of allylic oxidation sites excluding steroid dienone is 2. The molecule has 0 radical (unpaired) electrons. The molecule has 1 aromatic heterocycles. The highest BCUT2D eigenvalue weighted by molar-refractivity contribution is 5.80. The quantitative estimate of drug-likeness (QED) is 0.329. The van der Waals surface area contributed by atoms with Crippen LogP contribution in [0.5, 0.6) is 5.75 Å². The van der Waals surface area contributed by atoms with Crippen molar-refractivity contribution in [2.45, 2.75) is 112 Å². The van der Waals surface area contributed by atoms with Gasteiger partial charge in [0.25, 0.3) is 0 Å². The maximum absolute atomic E-state index is 13.4. The van der Waals surface area contributed by atoms with Crippen LogP contribution in [0.1, 0.15) is 117 Å². The Bertz CT molecular complexity index is 1570. The van der Waals surface area contributed by atoms with E-state index >= 15 is 0 Å². The zero-order chi connectivity index (χ0) is 31.7. The van der Waals surface area contributed by atoms with E-state index in [1.807, 2.05) is 6.07 Å². The first kappa shape index (κ1) is 29.9. The first-order valence-electron chi connectivity index (χ1n) is 17.0. The summed E-state index contributed by atoms with van der Waals surface area (Å²) >= 11 is 0. The number of ether oxygens (including phenoxy) is 1. The summed E-state index contributed by atoms with van der Waals surface area (Å²) in [5.41, 5.74) is 12.3. The molecule has 0 spiro atoms. The van der Waals surface area contributed by atoms with E-state index in [1.165, 1.54) is 22.3 Å². The Hall–Kier alpha value is -2.76. The van der Waals surface area contributed by atoms with Gasteiger partial charge in [0.05, 0.1) is 18.2 Å². The third-order valence-corrected chi connectivity index (χ3v) is 14.8. The van der Waals surface area contributed by atoms with Crippen molar-refractivity contribution in [2.75, 3.05) is 12.8 Å². The summed E-state index contributed by atoms with van der Waals surface area (Å²) in [6.45, 7) is 17.2. The topological polar surface area (TPSA) is 101 Å². The Morgan fingerprint density at radius 3 is 2.45 bits per heavy atom. The van der Waals surface area contributed by atoms with Gasteiger partial charge in [-0.15, -0.1) is 0 Å². The molecule has 3 fully saturated rings. The van der Waals surface area contributed by atoms with E-state index in [-0.39, 0.29) is 33.0 Å². The Balaban J connectivity index is 1.49. The Morgan fingerprint density at radius 2 is 1.75 bits per heavy atom. The summed E-state index contributed by atoms with van der Waals surface area (Å²) in [7, 11) is 1.74. The SMILES string of the molecule is COc1cccc(C2=C3C4CC(C)(C)CCC4(C(=O)O)CCC3(C)C3(C)CCC4C(C)(C)c5n[nH]c(N)c5CC4(C)C3C2)c1. The lowest BCUT2D eigenvalue weighted by molar-refractivity contribution is -0.175. The summed E-state index contributed by atoms with van der Waals surface area (Å²) in [5, 5.41) is 18.9. The Labute approximate surface area is 263 Å². The first-order chi connectivity index (χ1) is 20.5. The van der Waals surface area contributed by atoms with Crippen LogP contribution in [0.3, 0.4) is 0 Å². The van der Waals surface area contributed by atoms with Crippen molar-refractivity contribution in [2.24, 2.45) is 44.8 Å². The fraction of sp³-hybridized carbons (Fsp3) is 0.684. The number of carboxylic acids is 1. The lowest BCUT2D eigenvalue weighted by Gasteiger charge is -2.71. The van der Waals surface area contributed by atoms with Gasteiger partial charge in [-0.05, 0) is 120 Å². The van der Waals surface area contributed by atoms with E-state index in [4.69, 9.17) is 15.6 Å². The highest BCUT2D eigenvalue weighted by Crippen LogP contribution is 2.77. The Kier molecular flexibility index (Phi) is 6.23. The smallest absolute Gasteiger partial charge is 0.310 e. The minimum Gasteiger partial charge on any atom is -0.497 e. The van der Waals surface area contributed by atoms with Gasteiger partial charge in [0, 0.05) is 11.0 Å². The monoisotopic (exact) mass is 599 g/mol. The number of anilines is 1. The average Bonchev–Trinajstić information content (AvgIpc) is 3.33. The molecule has 4 N–H and O–H groups in total. The van der Waals surface area contributed by atoms with Gasteiger partial charge in [0.2, 0.25) is 0 Å². The summed E-state index contributed by atoms with van der Waals surface area (Å²) < 4.78 is 5.77. The number of H-pyrrole nitrogens is 1. The number of methoxy groups -OCH3 is 1. The minimum absolute atomic E-state index is 0.0212. The summed E-state index contributed by atoms with van der Waals surface area (Å²) in [6, 6.07) is 8.59. The van der Waals surface area contributed by atoms with Crippen LogP contribution in [-0.4, -0.2) is 28.4 Å². The molecule has 5 aliphatic rings. The normalized spacial score (nSPS) is 40.1. The van der Waals surface area contributed by atoms with Gasteiger partial charge in [0.15, 0.2) is 0 Å². The standard InChI is InChI=1S/C38H53N3O3/c1-33(2)14-16-38(32(42)43)17-15-37(7)29(26(38)21-33)24(22-10-9-11-23(18-22)44-8)19-28-35(5)20-25-30(40-41-31(25)39)34(3,4)27(35)12-13-36(28,37)6/h9-11,18,26-28H,12-17,19-21H2,1-8H3,(H,42,43)(H3,39,40,41). The molecule has 1 heterocycles. The number of aliphatic carboxylic acids is 1. The second kappa shape index (κ2) is 9.16. The summed E-state index contributed by atoms with van der Waals surface area (Å²) in [4.78, 5) is 13.4. The van der Waals surface area contributed by atoms with E-state index in [9.17, 15) is 9.90 Å². The molecule has 6 nitrogen and oxygen atoms in total. The fourth-order valence-corrected chi connectivity index (χ4v) is 12.3. The van der Waals surface area contributed by atoms with Gasteiger partial charge in [-0.2, -0.15) is 5.10 Å². The summed E-state index contributed by atoms with van der Waals surface area (Å²) in [6.07, 6.45) is 8.55. The molecule has 2 aromatic rings. The largest absolute Gasteiger partial charge is 0.497 e. The van der Waals surface area contributed by atoms with Crippen LogP contribution >= 0.6 is 0 Å². The molecule has 3 saturated carbocycles. The maximum atomic E-state index is 13.4. The van der Waals surface area contributed by atoms with Crippen LogP contribution in [-0.2, 0) is 16.6 Å². The summed E-state index contributed by atoms with van der Waals surface area (Å²) in [5.74, 6) is 1.93. The zero-order valence-corrected chi connectivity index (χ0v) is 28.2. The van der Waals surface area contributed by atoms with Crippen LogP contribution in [0, 0.1) is 44.8 Å². The molecule has 0 aliphatic heterocycles. The fourth-order valence-electron chi connectivity index (χ4n) is 12.3. The highest BCUT2D eigenvalue weighted by Gasteiger charge is 2.70. The van der Waals surface area contributed by atoms with Gasteiger partial charge < -0.3 is 15.6 Å². The van der Waals surface area contributed by atoms with Gasteiger partial charge in [-0.25, -0.2) is 0 Å². The highest BCUT2D eigenvalue weighted by atomic mass is 16.5. The molecule has 0 saturated heterocycles. The second-order valence-electron chi connectivity index (χ2n) is 17.5. The first-order valence-corrected chi connectivity index (χ1v) is 17.0. The molecule has 7 rings (SSSR count). The molecule has 7 unspecified atom stereocenters. The number of aromatic amines is 1. The molecule has 7 atom stereocenters. The van der Waals surface area contributed by atoms with Crippen LogP contribution in [0.15, 0.2) is 29.8 Å². The number of nitrogens with one attached hydrogen (secondary N) is 1. The number of nitrogens with zero attached hydrogens (tertiary/aromatic N) is 1. The zero-order valence-electron chi connectivity index (χ0n) is 28.2. The second-order valence-corrected chi connectivity index (χ2v) is 17.5. The van der Waals surface area contributed by atoms with Crippen molar-refractivity contribution in [1.29, 1.82) is 0 Å². The molecule has 6 heteroatoms. The molecule has 1 aromatic carbocycles. The molecule has 5 aliphatic carbocycles. The van der Waals surface area contributed by atoms with Gasteiger partial charge in [-0.3, -0.25) is 9.89 Å². The molecule has 0 amide bonds. The van der Waals surface area contributed by atoms with Crippen LogP contribution in [0.25, 0.3) is 5.57 Å². The van der Waals surface area contributed by atoms with Crippen molar-refractivity contribution in [1.82, 2.24) is 10.2 Å². The number of hydrogen-bond acceptors (Lipinski definition) is 4. The molecule has 0 bridgehead atoms. The van der Waals surface area contributed by atoms with Crippen LogP contribution < -0.4 is 10.5 Å². The van der Waals surface area contributed by atoms with Gasteiger partial charge in [-0.1, -0.05) is 66.2 Å². The van der Waals surface area contributed by atoms with E-state index in [2.05, 4.69) is 71.8 Å². The number of hydrogen-bond donors (Lipinski definition) is 3. The third-order valence-electron chi connectivity index (χ3n) is 14.8. The van der Waals surface area contributed by atoms with E-state index in [0.717, 1.165) is 75.0 Å². The van der Waals surface area contributed by atoms with Gasteiger partial charge >= 0.3 is 5.97 Å². The number of nitrogens with two attached hydrogens (primary N) is 1. The number of fused-ring (bicyclic) bond motifs is 8. The number of nitrogen functional groups attached to an aromatic ring is 1. The Morgan fingerprint density at radius 1 is 1.02 bits per heavy atom. The molecular weight excluding hydrogens is 546 g/mol. The van der Waals surface area contributed by atoms with Crippen LogP contribution in [0.4, 0.5) is 5.82 Å². The van der Waals surface area contributed by atoms with Crippen LogP contribution in [0.2, 0.25) is 0 Å². The van der Waals surface area contributed by atoms with Crippen molar-refractivity contribution in [3.05, 3.63) is 46.7 Å². The predicted octanol–water partition coefficient (Wildman–Crippen LogP) is 8.43. The van der Waals surface area contributed by atoms with Gasteiger partial charge in [0.1, 0.15) is 11.6 Å². The average molecular weight is 600 g/mol. The van der Waals surface area contributed by atoms with Crippen molar-refractivity contribution >= 4 is 17.4 Å². The van der Waals surface area contributed by atoms with E-state index in [0.29, 0.717) is 11.8 Å². The van der Waals surface area contributed by atoms with E-state index in [1.54, 1.807) is 7.11 Å². The number of aromatic nitrogens is 2. The minimum atomic E-state index is -0.689. The van der Waals surface area contributed by atoms with E-state index < -0.39 is 11.4 Å². The van der Waals surface area contributed by atoms with Crippen molar-refractivity contribution < 1.29 is 14.6 Å². The molecule has 238 valence electrons. The molecular formula is C38H53N3O3. The predicted molar refractivity (Wildman–Crippen MR) is 175 cm³/mol. The van der Waals surface area contributed by atoms with Crippen molar-refractivity contribution in [3.63, 3.8) is 0 Å². The number of benzene rings is 1. The number of carbonyl (C=O) groups is 1. The number of carboxylic acid groups (broad SMARTS) is 1. The van der Waals surface area contributed by atoms with Crippen molar-refractivity contribution in [3.8, 4) is 5.75 Å². The molecule has 44 heavy (non-hydrogen) atoms. The third kappa shape index (κ3) is 3.66. The number of rotatable bonds is 3. The lowest BCUT2D eigenvalue weighted by atomic mass is 9.33. The lowest BCUT2D eigenvalue weighted by Crippen LogP contribution is -2.65. The maximum Gasteiger partial charge on any atom is 0.310 e.